The molecule has 0 spiro atoms. The molecule has 1 amide bonds. The standard InChI is InChI=1S/C18H23N3O4S/c1-12-5-6-17(25-4)14(9-12)16-10-15(19-21(16)3)18(22)20(2)13-7-8-26(23,24)11-13/h5-6,9-10,13H,7-8,11H2,1-4H3. The lowest BCUT2D eigenvalue weighted by molar-refractivity contribution is 0.0741. The summed E-state index contributed by atoms with van der Waals surface area (Å²) in [6.07, 6.45) is 0.468. The van der Waals surface area contributed by atoms with Crippen LogP contribution < -0.4 is 4.74 Å². The topological polar surface area (TPSA) is 81.5 Å². The SMILES string of the molecule is COc1ccc(C)cc1-c1cc(C(=O)N(C)C2CCS(=O)(=O)C2)nn1C. The van der Waals surface area contributed by atoms with E-state index in [1.165, 1.54) is 4.90 Å². The highest BCUT2D eigenvalue weighted by Gasteiger charge is 2.34. The van der Waals surface area contributed by atoms with Crippen LogP contribution >= 0.6 is 0 Å². The lowest BCUT2D eigenvalue weighted by Crippen LogP contribution is -2.38. The summed E-state index contributed by atoms with van der Waals surface area (Å²) in [6.45, 7) is 1.99. The minimum absolute atomic E-state index is 0.0145. The van der Waals surface area contributed by atoms with Crippen LogP contribution in [0.15, 0.2) is 24.3 Å². The van der Waals surface area contributed by atoms with Crippen molar-refractivity contribution in [1.29, 1.82) is 0 Å². The Morgan fingerprint density at radius 3 is 2.69 bits per heavy atom. The number of benzene rings is 1. The van der Waals surface area contributed by atoms with Crippen LogP contribution in [0.2, 0.25) is 0 Å². The van der Waals surface area contributed by atoms with Gasteiger partial charge in [0.15, 0.2) is 15.5 Å². The quantitative estimate of drug-likeness (QED) is 0.809. The summed E-state index contributed by atoms with van der Waals surface area (Å²) in [5, 5.41) is 4.34. The Hall–Kier alpha value is -2.35. The molecule has 2 heterocycles. The van der Waals surface area contributed by atoms with Gasteiger partial charge in [0.05, 0.1) is 24.3 Å². The summed E-state index contributed by atoms with van der Waals surface area (Å²) in [4.78, 5) is 14.3. The van der Waals surface area contributed by atoms with Crippen molar-refractivity contribution in [3.63, 3.8) is 0 Å². The smallest absolute Gasteiger partial charge is 0.274 e. The molecule has 1 aromatic carbocycles. The molecule has 26 heavy (non-hydrogen) atoms. The molecule has 0 radical (unpaired) electrons. The first-order chi connectivity index (χ1) is 12.2. The number of amides is 1. The molecule has 1 fully saturated rings. The molecular weight excluding hydrogens is 354 g/mol. The zero-order valence-electron chi connectivity index (χ0n) is 15.4. The summed E-state index contributed by atoms with van der Waals surface area (Å²) in [5.74, 6) is 0.567. The van der Waals surface area contributed by atoms with E-state index in [4.69, 9.17) is 4.74 Å². The fourth-order valence-corrected chi connectivity index (χ4v) is 5.05. The Morgan fingerprint density at radius 1 is 1.35 bits per heavy atom. The molecule has 0 aliphatic carbocycles. The number of hydrogen-bond donors (Lipinski definition) is 0. The van der Waals surface area contributed by atoms with E-state index in [1.54, 1.807) is 32.0 Å². The monoisotopic (exact) mass is 377 g/mol. The number of rotatable bonds is 4. The van der Waals surface area contributed by atoms with Crippen LogP contribution in [0, 0.1) is 6.92 Å². The van der Waals surface area contributed by atoms with Gasteiger partial charge in [0, 0.05) is 25.7 Å². The lowest BCUT2D eigenvalue weighted by atomic mass is 10.1. The van der Waals surface area contributed by atoms with Gasteiger partial charge in [0.2, 0.25) is 0 Å². The highest BCUT2D eigenvalue weighted by Crippen LogP contribution is 2.31. The number of hydrogen-bond acceptors (Lipinski definition) is 5. The van der Waals surface area contributed by atoms with E-state index in [0.29, 0.717) is 12.2 Å². The predicted molar refractivity (Wildman–Crippen MR) is 99.1 cm³/mol. The summed E-state index contributed by atoms with van der Waals surface area (Å²) in [5.41, 5.74) is 2.98. The number of aryl methyl sites for hydroxylation is 2. The number of methoxy groups -OCH3 is 1. The molecular formula is C18H23N3O4S. The van der Waals surface area contributed by atoms with E-state index in [9.17, 15) is 13.2 Å². The molecule has 1 unspecified atom stereocenters. The van der Waals surface area contributed by atoms with Crippen molar-refractivity contribution < 1.29 is 17.9 Å². The van der Waals surface area contributed by atoms with Crippen molar-refractivity contribution in [1.82, 2.24) is 14.7 Å². The molecule has 2 aromatic rings. The Labute approximate surface area is 153 Å². The number of aromatic nitrogens is 2. The van der Waals surface area contributed by atoms with Gasteiger partial charge in [0.25, 0.3) is 5.91 Å². The van der Waals surface area contributed by atoms with Gasteiger partial charge >= 0.3 is 0 Å². The number of carbonyl (C=O) groups is 1. The van der Waals surface area contributed by atoms with Gasteiger partial charge in [-0.05, 0) is 31.5 Å². The van der Waals surface area contributed by atoms with Crippen molar-refractivity contribution >= 4 is 15.7 Å². The second-order valence-corrected chi connectivity index (χ2v) is 8.94. The first kappa shape index (κ1) is 18.4. The molecule has 8 heteroatoms. The van der Waals surface area contributed by atoms with Crippen molar-refractivity contribution in [3.8, 4) is 17.0 Å². The maximum atomic E-state index is 12.8. The van der Waals surface area contributed by atoms with Crippen molar-refractivity contribution in [2.75, 3.05) is 25.7 Å². The number of nitrogens with zero attached hydrogens (tertiary/aromatic N) is 3. The summed E-state index contributed by atoms with van der Waals surface area (Å²) in [6, 6.07) is 7.25. The zero-order chi connectivity index (χ0) is 19.1. The van der Waals surface area contributed by atoms with Gasteiger partial charge in [-0.15, -0.1) is 0 Å². The second kappa shape index (κ2) is 6.75. The molecule has 7 nitrogen and oxygen atoms in total. The second-order valence-electron chi connectivity index (χ2n) is 6.72. The Bertz CT molecular complexity index is 949. The van der Waals surface area contributed by atoms with Crippen LogP contribution in [0.5, 0.6) is 5.75 Å². The van der Waals surface area contributed by atoms with Crippen LogP contribution in [0.3, 0.4) is 0 Å². The summed E-state index contributed by atoms with van der Waals surface area (Å²) in [7, 11) is 1.96. The highest BCUT2D eigenvalue weighted by atomic mass is 32.2. The van der Waals surface area contributed by atoms with Crippen LogP contribution in [-0.4, -0.2) is 60.7 Å². The average Bonchev–Trinajstić information content (AvgIpc) is 3.15. The van der Waals surface area contributed by atoms with E-state index in [-0.39, 0.29) is 29.1 Å². The normalized spacial score (nSPS) is 18.7. The van der Waals surface area contributed by atoms with E-state index < -0.39 is 9.84 Å². The van der Waals surface area contributed by atoms with E-state index in [1.807, 2.05) is 25.1 Å². The minimum Gasteiger partial charge on any atom is -0.496 e. The fraction of sp³-hybridized carbons (Fsp3) is 0.444. The van der Waals surface area contributed by atoms with Gasteiger partial charge < -0.3 is 9.64 Å². The van der Waals surface area contributed by atoms with Crippen LogP contribution in [-0.2, 0) is 16.9 Å². The van der Waals surface area contributed by atoms with E-state index in [2.05, 4.69) is 5.10 Å². The molecule has 1 saturated heterocycles. The van der Waals surface area contributed by atoms with Gasteiger partial charge in [0.1, 0.15) is 5.75 Å². The molecule has 0 N–H and O–H groups in total. The maximum Gasteiger partial charge on any atom is 0.274 e. The largest absolute Gasteiger partial charge is 0.496 e. The molecule has 1 aromatic heterocycles. The third kappa shape index (κ3) is 3.46. The first-order valence-corrected chi connectivity index (χ1v) is 10.2. The van der Waals surface area contributed by atoms with Crippen molar-refractivity contribution in [2.24, 2.45) is 7.05 Å². The first-order valence-electron chi connectivity index (χ1n) is 8.38. The average molecular weight is 377 g/mol. The molecule has 140 valence electrons. The van der Waals surface area contributed by atoms with Crippen molar-refractivity contribution in [3.05, 3.63) is 35.5 Å². The lowest BCUT2D eigenvalue weighted by Gasteiger charge is -2.22. The number of carbonyl (C=O) groups excluding carboxylic acids is 1. The van der Waals surface area contributed by atoms with Gasteiger partial charge in [-0.25, -0.2) is 8.42 Å². The Morgan fingerprint density at radius 2 is 2.08 bits per heavy atom. The van der Waals surface area contributed by atoms with Gasteiger partial charge in [-0.1, -0.05) is 11.6 Å². The summed E-state index contributed by atoms with van der Waals surface area (Å²) < 4.78 is 30.4. The summed E-state index contributed by atoms with van der Waals surface area (Å²) >= 11 is 0. The predicted octanol–water partition coefficient (Wildman–Crippen LogP) is 1.66. The number of sulfone groups is 1. The third-order valence-electron chi connectivity index (χ3n) is 4.81. The molecule has 3 rings (SSSR count). The highest BCUT2D eigenvalue weighted by molar-refractivity contribution is 7.91. The fourth-order valence-electron chi connectivity index (χ4n) is 3.27. The van der Waals surface area contributed by atoms with Crippen LogP contribution in [0.25, 0.3) is 11.3 Å². The zero-order valence-corrected chi connectivity index (χ0v) is 16.2. The molecule has 0 saturated carbocycles. The van der Waals surface area contributed by atoms with Crippen molar-refractivity contribution in [2.45, 2.75) is 19.4 Å². The molecule has 1 aliphatic rings. The van der Waals surface area contributed by atoms with E-state index >= 15 is 0 Å². The number of ether oxygens (including phenoxy) is 1. The third-order valence-corrected chi connectivity index (χ3v) is 6.56. The Kier molecular flexibility index (Phi) is 4.79. The Balaban J connectivity index is 1.91. The van der Waals surface area contributed by atoms with E-state index in [0.717, 1.165) is 16.8 Å². The maximum absolute atomic E-state index is 12.8. The van der Waals surface area contributed by atoms with Gasteiger partial charge in [-0.2, -0.15) is 5.10 Å². The molecule has 1 atom stereocenters. The molecule has 1 aliphatic heterocycles. The minimum atomic E-state index is -3.05. The van der Waals surface area contributed by atoms with Crippen LogP contribution in [0.4, 0.5) is 0 Å². The van der Waals surface area contributed by atoms with Gasteiger partial charge in [-0.3, -0.25) is 9.48 Å². The molecule has 0 bridgehead atoms. The van der Waals surface area contributed by atoms with Crippen LogP contribution in [0.1, 0.15) is 22.5 Å².